The van der Waals surface area contributed by atoms with E-state index >= 15 is 0 Å². The van der Waals surface area contributed by atoms with Crippen LogP contribution in [-0.4, -0.2) is 50.3 Å². The summed E-state index contributed by atoms with van der Waals surface area (Å²) in [4.78, 5) is 4.50. The summed E-state index contributed by atoms with van der Waals surface area (Å²) in [5.41, 5.74) is 1.17. The second kappa shape index (κ2) is 11.9. The molecule has 1 fully saturated rings. The smallest absolute Gasteiger partial charge is 0.0523 e. The Balaban J connectivity index is 0.000000265. The number of nitrogens with one attached hydrogen (secondary N) is 1. The molecular formula is C16H29N3. The van der Waals surface area contributed by atoms with E-state index in [1.807, 2.05) is 36.4 Å². The molecule has 0 aromatic heterocycles. The molecule has 0 radical (unpaired) electrons. The molecule has 1 saturated heterocycles. The van der Waals surface area contributed by atoms with Crippen LogP contribution in [0.5, 0.6) is 0 Å². The zero-order valence-electron chi connectivity index (χ0n) is 12.9. The lowest BCUT2D eigenvalue weighted by atomic mass is 10.2. The molecule has 19 heavy (non-hydrogen) atoms. The van der Waals surface area contributed by atoms with Gasteiger partial charge in [-0.1, -0.05) is 56.8 Å². The standard InChI is InChI=1S/C8H8.C4H10N2.C4H11N/c1-2-8-6-4-3-5-7-8;1-5-3-6(2)4-5;1-3-5-4-2/h2-7H,1H2;3-4H2,1-2H3;5H,3-4H2,1-2H3. The molecule has 108 valence electrons. The van der Waals surface area contributed by atoms with Crippen molar-refractivity contribution >= 4 is 6.08 Å². The van der Waals surface area contributed by atoms with Crippen LogP contribution in [0.25, 0.3) is 6.08 Å². The number of hydrogen-bond donors (Lipinski definition) is 1. The molecule has 1 aromatic carbocycles. The first-order valence-electron chi connectivity index (χ1n) is 6.89. The lowest BCUT2D eigenvalue weighted by Gasteiger charge is -2.36. The molecule has 0 bridgehead atoms. The largest absolute Gasteiger partial charge is 0.317 e. The minimum absolute atomic E-state index is 1.09. The molecule has 1 aliphatic heterocycles. The Bertz CT molecular complexity index is 297. The lowest BCUT2D eigenvalue weighted by molar-refractivity contribution is 0.0149. The van der Waals surface area contributed by atoms with Crippen LogP contribution in [0.3, 0.4) is 0 Å². The third kappa shape index (κ3) is 10.4. The van der Waals surface area contributed by atoms with E-state index in [-0.39, 0.29) is 0 Å². The molecular weight excluding hydrogens is 234 g/mol. The van der Waals surface area contributed by atoms with E-state index in [2.05, 4.69) is 49.6 Å². The van der Waals surface area contributed by atoms with Gasteiger partial charge in [-0.05, 0) is 32.7 Å². The van der Waals surface area contributed by atoms with Crippen LogP contribution in [0.2, 0.25) is 0 Å². The average Bonchev–Trinajstić information content (AvgIpc) is 2.41. The van der Waals surface area contributed by atoms with Gasteiger partial charge in [-0.25, -0.2) is 0 Å². The molecule has 0 saturated carbocycles. The van der Waals surface area contributed by atoms with Crippen LogP contribution in [0.15, 0.2) is 36.9 Å². The maximum atomic E-state index is 3.63. The molecule has 3 heteroatoms. The van der Waals surface area contributed by atoms with Crippen molar-refractivity contribution in [2.45, 2.75) is 13.8 Å². The Morgan fingerprint density at radius 3 is 1.68 bits per heavy atom. The van der Waals surface area contributed by atoms with Gasteiger partial charge in [0.15, 0.2) is 0 Å². The minimum Gasteiger partial charge on any atom is -0.317 e. The maximum Gasteiger partial charge on any atom is 0.0523 e. The van der Waals surface area contributed by atoms with Gasteiger partial charge in [0.05, 0.1) is 13.3 Å². The fraction of sp³-hybridized carbons (Fsp3) is 0.500. The van der Waals surface area contributed by atoms with Crippen molar-refractivity contribution in [3.05, 3.63) is 42.5 Å². The van der Waals surface area contributed by atoms with Crippen LogP contribution >= 0.6 is 0 Å². The first-order valence-corrected chi connectivity index (χ1v) is 6.89. The van der Waals surface area contributed by atoms with Crippen LogP contribution in [0.4, 0.5) is 0 Å². The number of nitrogens with zero attached hydrogens (tertiary/aromatic N) is 2. The van der Waals surface area contributed by atoms with Gasteiger partial charge in [0.25, 0.3) is 0 Å². The van der Waals surface area contributed by atoms with Crippen molar-refractivity contribution in [3.8, 4) is 0 Å². The Labute approximate surface area is 118 Å². The highest BCUT2D eigenvalue weighted by atomic mass is 15.5. The fourth-order valence-electron chi connectivity index (χ4n) is 1.62. The second-order valence-electron chi connectivity index (χ2n) is 4.57. The summed E-state index contributed by atoms with van der Waals surface area (Å²) in [5.74, 6) is 0. The predicted octanol–water partition coefficient (Wildman–Crippen LogP) is 2.72. The van der Waals surface area contributed by atoms with E-state index in [1.54, 1.807) is 0 Å². The Hall–Kier alpha value is -1.16. The molecule has 0 aliphatic carbocycles. The molecule has 1 heterocycles. The zero-order valence-corrected chi connectivity index (χ0v) is 12.9. The SMILES string of the molecule is C=Cc1ccccc1.CCNCC.CN1CN(C)C1. The van der Waals surface area contributed by atoms with Gasteiger partial charge in [-0.3, -0.25) is 9.80 Å². The van der Waals surface area contributed by atoms with E-state index < -0.39 is 0 Å². The molecule has 0 atom stereocenters. The Morgan fingerprint density at radius 2 is 1.53 bits per heavy atom. The van der Waals surface area contributed by atoms with E-state index in [0.717, 1.165) is 26.4 Å². The van der Waals surface area contributed by atoms with Crippen LogP contribution in [-0.2, 0) is 0 Å². The van der Waals surface area contributed by atoms with E-state index in [1.165, 1.54) is 5.56 Å². The van der Waals surface area contributed by atoms with Gasteiger partial charge >= 0.3 is 0 Å². The van der Waals surface area contributed by atoms with Crippen molar-refractivity contribution in [1.82, 2.24) is 15.1 Å². The summed E-state index contributed by atoms with van der Waals surface area (Å²) in [5, 5.41) is 3.11. The zero-order chi connectivity index (χ0) is 14.5. The first kappa shape index (κ1) is 17.8. The number of hydrogen-bond acceptors (Lipinski definition) is 3. The van der Waals surface area contributed by atoms with Gasteiger partial charge in [-0.15, -0.1) is 0 Å². The van der Waals surface area contributed by atoms with Crippen LogP contribution < -0.4 is 5.32 Å². The minimum atomic E-state index is 1.09. The normalized spacial score (nSPS) is 14.3. The molecule has 0 unspecified atom stereocenters. The Kier molecular flexibility index (Phi) is 11.2. The van der Waals surface area contributed by atoms with Crippen molar-refractivity contribution < 1.29 is 0 Å². The summed E-state index contributed by atoms with van der Waals surface area (Å²) in [6.45, 7) is 12.3. The fourth-order valence-corrected chi connectivity index (χ4v) is 1.62. The third-order valence-corrected chi connectivity index (χ3v) is 2.50. The molecule has 2 rings (SSSR count). The van der Waals surface area contributed by atoms with Crippen LogP contribution in [0.1, 0.15) is 19.4 Å². The summed E-state index contributed by atoms with van der Waals surface area (Å²) >= 11 is 0. The lowest BCUT2D eigenvalue weighted by Crippen LogP contribution is -2.50. The molecule has 0 spiro atoms. The van der Waals surface area contributed by atoms with Gasteiger partial charge in [0, 0.05) is 0 Å². The summed E-state index contributed by atoms with van der Waals surface area (Å²) in [7, 11) is 4.22. The van der Waals surface area contributed by atoms with Gasteiger partial charge in [0.1, 0.15) is 0 Å². The number of rotatable bonds is 3. The van der Waals surface area contributed by atoms with Crippen molar-refractivity contribution in [2.24, 2.45) is 0 Å². The van der Waals surface area contributed by atoms with E-state index in [0.29, 0.717) is 0 Å². The van der Waals surface area contributed by atoms with Crippen LogP contribution in [0, 0.1) is 0 Å². The molecule has 0 amide bonds. The highest BCUT2D eigenvalue weighted by Crippen LogP contribution is 1.98. The number of benzene rings is 1. The van der Waals surface area contributed by atoms with Crippen molar-refractivity contribution in [1.29, 1.82) is 0 Å². The molecule has 3 nitrogen and oxygen atoms in total. The summed E-state index contributed by atoms with van der Waals surface area (Å²) in [6.07, 6.45) is 1.83. The van der Waals surface area contributed by atoms with Crippen molar-refractivity contribution in [2.75, 3.05) is 40.5 Å². The maximum absolute atomic E-state index is 3.63. The second-order valence-corrected chi connectivity index (χ2v) is 4.57. The Morgan fingerprint density at radius 1 is 1.05 bits per heavy atom. The van der Waals surface area contributed by atoms with Crippen molar-refractivity contribution in [3.63, 3.8) is 0 Å². The highest BCUT2D eigenvalue weighted by Gasteiger charge is 2.12. The quantitative estimate of drug-likeness (QED) is 0.904. The molecule has 1 N–H and O–H groups in total. The van der Waals surface area contributed by atoms with Gasteiger partial charge < -0.3 is 5.32 Å². The highest BCUT2D eigenvalue weighted by molar-refractivity contribution is 5.45. The van der Waals surface area contributed by atoms with Gasteiger partial charge in [0.2, 0.25) is 0 Å². The first-order chi connectivity index (χ1) is 9.13. The predicted molar refractivity (Wildman–Crippen MR) is 86.0 cm³/mol. The summed E-state index contributed by atoms with van der Waals surface area (Å²) in [6, 6.07) is 10.0. The van der Waals surface area contributed by atoms with E-state index in [9.17, 15) is 0 Å². The molecule has 1 aromatic rings. The van der Waals surface area contributed by atoms with E-state index in [4.69, 9.17) is 0 Å². The summed E-state index contributed by atoms with van der Waals surface area (Å²) < 4.78 is 0. The van der Waals surface area contributed by atoms with Gasteiger partial charge in [-0.2, -0.15) is 0 Å². The monoisotopic (exact) mass is 263 g/mol. The average molecular weight is 263 g/mol. The topological polar surface area (TPSA) is 18.5 Å². The molecule has 1 aliphatic rings. The third-order valence-electron chi connectivity index (χ3n) is 2.50.